The van der Waals surface area contributed by atoms with Gasteiger partial charge in [-0.1, -0.05) is 41.1 Å². The van der Waals surface area contributed by atoms with Gasteiger partial charge in [-0.3, -0.25) is 14.3 Å². The highest BCUT2D eigenvalue weighted by Crippen LogP contribution is 2.27. The van der Waals surface area contributed by atoms with E-state index in [0.29, 0.717) is 5.91 Å². The number of fused-ring (bicyclic) bond motifs is 1. The van der Waals surface area contributed by atoms with Gasteiger partial charge in [0.2, 0.25) is 5.91 Å². The molecule has 0 aliphatic carbocycles. The number of para-hydroxylation sites is 2. The molecule has 5 nitrogen and oxygen atoms in total. The van der Waals surface area contributed by atoms with Crippen molar-refractivity contribution in [1.82, 2.24) is 19.4 Å². The Bertz CT molecular complexity index is 1080. The fraction of sp³-hybridized carbons (Fsp3) is 0.462. The van der Waals surface area contributed by atoms with Crippen molar-refractivity contribution < 1.29 is 4.79 Å². The lowest BCUT2D eigenvalue weighted by Gasteiger charge is -2.36. The number of rotatable bonds is 7. The van der Waals surface area contributed by atoms with Gasteiger partial charge in [-0.2, -0.15) is 0 Å². The molecule has 0 radical (unpaired) electrons. The highest BCUT2D eigenvalue weighted by Gasteiger charge is 2.30. The normalized spacial score (nSPS) is 17.2. The number of hydrogen-bond acceptors (Lipinski definition) is 3. The standard InChI is InChI=1S/C26H33BrN4O/c1-4-14-30(19(2)3)26(32)20-9-8-15-29(17-20)18-25-28-23-12-5-6-13-24(23)31(25)22-11-7-10-21(27)16-22/h5-7,10-13,16,19-20H,4,8-9,14-15,17-18H2,1-3H3/t20-/m0/s1. The fourth-order valence-corrected chi connectivity index (χ4v) is 5.17. The summed E-state index contributed by atoms with van der Waals surface area (Å²) in [5.41, 5.74) is 3.21. The van der Waals surface area contributed by atoms with E-state index in [9.17, 15) is 4.79 Å². The molecule has 4 rings (SSSR count). The molecule has 1 fully saturated rings. The van der Waals surface area contributed by atoms with Crippen molar-refractivity contribution in [2.45, 2.75) is 52.6 Å². The van der Waals surface area contributed by atoms with Crippen molar-refractivity contribution in [1.29, 1.82) is 0 Å². The molecule has 1 aliphatic rings. The molecule has 32 heavy (non-hydrogen) atoms. The Morgan fingerprint density at radius 3 is 2.78 bits per heavy atom. The molecular formula is C26H33BrN4O. The summed E-state index contributed by atoms with van der Waals surface area (Å²) in [6.45, 7) is 9.76. The molecule has 3 aromatic rings. The van der Waals surface area contributed by atoms with Crippen LogP contribution in [0.1, 0.15) is 45.9 Å². The zero-order valence-electron chi connectivity index (χ0n) is 19.3. The van der Waals surface area contributed by atoms with Gasteiger partial charge in [-0.15, -0.1) is 0 Å². The molecule has 0 unspecified atom stereocenters. The van der Waals surface area contributed by atoms with Gasteiger partial charge in [-0.25, -0.2) is 4.98 Å². The maximum absolute atomic E-state index is 13.3. The maximum atomic E-state index is 13.3. The highest BCUT2D eigenvalue weighted by molar-refractivity contribution is 9.10. The van der Waals surface area contributed by atoms with Crippen molar-refractivity contribution in [3.05, 3.63) is 58.8 Å². The minimum Gasteiger partial charge on any atom is -0.340 e. The second-order valence-electron chi connectivity index (χ2n) is 9.03. The van der Waals surface area contributed by atoms with Gasteiger partial charge < -0.3 is 4.90 Å². The van der Waals surface area contributed by atoms with Crippen molar-refractivity contribution >= 4 is 32.9 Å². The number of imidazole rings is 1. The van der Waals surface area contributed by atoms with E-state index in [4.69, 9.17) is 4.98 Å². The predicted octanol–water partition coefficient (Wildman–Crippen LogP) is 5.65. The van der Waals surface area contributed by atoms with E-state index in [-0.39, 0.29) is 12.0 Å². The molecule has 0 spiro atoms. The summed E-state index contributed by atoms with van der Waals surface area (Å²) in [5, 5.41) is 0. The molecule has 0 bridgehead atoms. The Morgan fingerprint density at radius 1 is 1.22 bits per heavy atom. The first kappa shape index (κ1) is 23.0. The number of piperidine rings is 1. The highest BCUT2D eigenvalue weighted by atomic mass is 79.9. The van der Waals surface area contributed by atoms with E-state index in [2.05, 4.69) is 87.5 Å². The molecule has 2 heterocycles. The van der Waals surface area contributed by atoms with Crippen LogP contribution >= 0.6 is 15.9 Å². The predicted molar refractivity (Wildman–Crippen MR) is 134 cm³/mol. The number of carbonyl (C=O) groups excluding carboxylic acids is 1. The van der Waals surface area contributed by atoms with Gasteiger partial charge in [-0.05, 0) is 70.0 Å². The molecule has 1 amide bonds. The van der Waals surface area contributed by atoms with Crippen LogP contribution in [0.4, 0.5) is 0 Å². The minimum atomic E-state index is 0.0707. The SMILES string of the molecule is CCCN(C(=O)[C@H]1CCCN(Cc2nc3ccccc3n2-c2cccc(Br)c2)C1)C(C)C. The zero-order valence-corrected chi connectivity index (χ0v) is 20.9. The summed E-state index contributed by atoms with van der Waals surface area (Å²) in [7, 11) is 0. The minimum absolute atomic E-state index is 0.0707. The lowest BCUT2D eigenvalue weighted by Crippen LogP contribution is -2.47. The van der Waals surface area contributed by atoms with Crippen LogP contribution in [0.15, 0.2) is 53.0 Å². The average Bonchev–Trinajstić information content (AvgIpc) is 3.14. The summed E-state index contributed by atoms with van der Waals surface area (Å²) in [6, 6.07) is 16.9. The molecule has 1 aromatic heterocycles. The third-order valence-electron chi connectivity index (χ3n) is 6.29. The van der Waals surface area contributed by atoms with Gasteiger partial charge in [0.25, 0.3) is 0 Å². The fourth-order valence-electron chi connectivity index (χ4n) is 4.78. The Balaban J connectivity index is 1.60. The smallest absolute Gasteiger partial charge is 0.227 e. The Hall–Kier alpha value is -2.18. The number of aromatic nitrogens is 2. The lowest BCUT2D eigenvalue weighted by molar-refractivity contribution is -0.139. The molecule has 0 saturated carbocycles. The quantitative estimate of drug-likeness (QED) is 0.424. The van der Waals surface area contributed by atoms with Crippen molar-refractivity contribution in [2.24, 2.45) is 5.92 Å². The number of benzene rings is 2. The van der Waals surface area contributed by atoms with E-state index in [1.165, 1.54) is 0 Å². The Kier molecular flexibility index (Phi) is 7.31. The molecule has 1 atom stereocenters. The number of nitrogens with zero attached hydrogens (tertiary/aromatic N) is 4. The zero-order chi connectivity index (χ0) is 22.7. The van der Waals surface area contributed by atoms with Gasteiger partial charge in [0.15, 0.2) is 0 Å². The van der Waals surface area contributed by atoms with Gasteiger partial charge in [0, 0.05) is 29.3 Å². The van der Waals surface area contributed by atoms with E-state index < -0.39 is 0 Å². The van der Waals surface area contributed by atoms with Gasteiger partial charge in [0.05, 0.1) is 23.5 Å². The average molecular weight is 497 g/mol. The summed E-state index contributed by atoms with van der Waals surface area (Å²) >= 11 is 3.61. The van der Waals surface area contributed by atoms with Gasteiger partial charge >= 0.3 is 0 Å². The number of amides is 1. The van der Waals surface area contributed by atoms with Crippen LogP contribution in [0.5, 0.6) is 0 Å². The van der Waals surface area contributed by atoms with Crippen LogP contribution in [-0.2, 0) is 11.3 Å². The van der Waals surface area contributed by atoms with Crippen LogP contribution < -0.4 is 0 Å². The van der Waals surface area contributed by atoms with Crippen LogP contribution in [-0.4, -0.2) is 50.9 Å². The first-order chi connectivity index (χ1) is 15.5. The monoisotopic (exact) mass is 496 g/mol. The summed E-state index contributed by atoms with van der Waals surface area (Å²) in [5.74, 6) is 1.40. The van der Waals surface area contributed by atoms with Crippen LogP contribution in [0.25, 0.3) is 16.7 Å². The molecule has 2 aromatic carbocycles. The van der Waals surface area contributed by atoms with Crippen molar-refractivity contribution in [3.8, 4) is 5.69 Å². The number of likely N-dealkylation sites (tertiary alicyclic amines) is 1. The van der Waals surface area contributed by atoms with E-state index in [1.54, 1.807) is 0 Å². The summed E-state index contributed by atoms with van der Waals surface area (Å²) < 4.78 is 3.30. The number of hydrogen-bond donors (Lipinski definition) is 0. The van der Waals surface area contributed by atoms with Crippen molar-refractivity contribution in [2.75, 3.05) is 19.6 Å². The van der Waals surface area contributed by atoms with Crippen LogP contribution in [0.3, 0.4) is 0 Å². The molecule has 0 N–H and O–H groups in total. The third-order valence-corrected chi connectivity index (χ3v) is 6.78. The first-order valence-corrected chi connectivity index (χ1v) is 12.5. The molecule has 170 valence electrons. The number of carbonyl (C=O) groups is 1. The number of halogens is 1. The van der Waals surface area contributed by atoms with Crippen LogP contribution in [0.2, 0.25) is 0 Å². The van der Waals surface area contributed by atoms with Crippen molar-refractivity contribution in [3.63, 3.8) is 0 Å². The molecular weight excluding hydrogens is 464 g/mol. The second kappa shape index (κ2) is 10.2. The Morgan fingerprint density at radius 2 is 2.03 bits per heavy atom. The van der Waals surface area contributed by atoms with E-state index in [1.807, 2.05) is 12.1 Å². The van der Waals surface area contributed by atoms with E-state index >= 15 is 0 Å². The summed E-state index contributed by atoms with van der Waals surface area (Å²) in [6.07, 6.45) is 3.02. The maximum Gasteiger partial charge on any atom is 0.227 e. The topological polar surface area (TPSA) is 41.4 Å². The molecule has 1 saturated heterocycles. The lowest BCUT2D eigenvalue weighted by atomic mass is 9.95. The second-order valence-corrected chi connectivity index (χ2v) is 9.95. The van der Waals surface area contributed by atoms with E-state index in [0.717, 1.165) is 72.5 Å². The molecule has 1 aliphatic heterocycles. The first-order valence-electron chi connectivity index (χ1n) is 11.7. The molecule has 6 heteroatoms. The van der Waals surface area contributed by atoms with Gasteiger partial charge in [0.1, 0.15) is 5.82 Å². The Labute approximate surface area is 199 Å². The summed E-state index contributed by atoms with van der Waals surface area (Å²) in [4.78, 5) is 22.7. The third kappa shape index (κ3) is 4.91. The largest absolute Gasteiger partial charge is 0.340 e. The van der Waals surface area contributed by atoms with Crippen LogP contribution in [0, 0.1) is 5.92 Å².